The summed E-state index contributed by atoms with van der Waals surface area (Å²) in [5, 5.41) is 0. The van der Waals surface area contributed by atoms with E-state index in [-0.39, 0.29) is 5.97 Å². The molecule has 0 heterocycles. The minimum Gasteiger partial charge on any atom is -0.462 e. The van der Waals surface area contributed by atoms with E-state index in [4.69, 9.17) is 18.0 Å². The zero-order valence-corrected chi connectivity index (χ0v) is 12.6. The number of hydrogen-bond donors (Lipinski definition) is 0. The Morgan fingerprint density at radius 2 is 1.65 bits per heavy atom. The minimum absolute atomic E-state index is 0.284. The van der Waals surface area contributed by atoms with Crippen LogP contribution in [0.1, 0.15) is 26.7 Å². The Morgan fingerprint density at radius 1 is 1.18 bits per heavy atom. The van der Waals surface area contributed by atoms with Crippen molar-refractivity contribution < 1.29 is 22.8 Å². The molecule has 0 aromatic heterocycles. The van der Waals surface area contributed by atoms with Gasteiger partial charge in [0.15, 0.2) is 0 Å². The molecular formula is C11H24O5Si. The van der Waals surface area contributed by atoms with Crippen molar-refractivity contribution >= 4 is 15.5 Å². The summed E-state index contributed by atoms with van der Waals surface area (Å²) in [4.78, 5) is 10.7. The maximum Gasteiger partial charge on any atom is 0.483 e. The summed E-state index contributed by atoms with van der Waals surface area (Å²) >= 11 is 0. The summed E-state index contributed by atoms with van der Waals surface area (Å²) in [6, 6.07) is 0. The fourth-order valence-electron chi connectivity index (χ4n) is 0.721. The fourth-order valence-corrected chi connectivity index (χ4v) is 1.30. The van der Waals surface area contributed by atoms with Crippen molar-refractivity contribution in [1.82, 2.24) is 0 Å². The van der Waals surface area contributed by atoms with Crippen LogP contribution in [-0.2, 0) is 22.8 Å². The van der Waals surface area contributed by atoms with Gasteiger partial charge in [0.2, 0.25) is 0 Å². The van der Waals surface area contributed by atoms with Gasteiger partial charge in [-0.15, -0.1) is 0 Å². The van der Waals surface area contributed by atoms with Crippen LogP contribution in [0.25, 0.3) is 0 Å². The molecule has 0 aromatic carbocycles. The molecule has 0 aromatic rings. The molecule has 0 radical (unpaired) electrons. The third-order valence-electron chi connectivity index (χ3n) is 1.66. The SMILES string of the molecule is C=C(C)C(=O)OCCCC.CO[SiH](OC)OC. The lowest BCUT2D eigenvalue weighted by Crippen LogP contribution is -2.21. The zero-order chi connectivity index (χ0) is 13.7. The van der Waals surface area contributed by atoms with Crippen molar-refractivity contribution in [3.05, 3.63) is 12.2 Å². The van der Waals surface area contributed by atoms with Crippen LogP contribution in [0.4, 0.5) is 0 Å². The number of ether oxygens (including phenoxy) is 1. The van der Waals surface area contributed by atoms with E-state index in [0.29, 0.717) is 12.2 Å². The van der Waals surface area contributed by atoms with E-state index in [9.17, 15) is 4.79 Å². The Bertz CT molecular complexity index is 199. The lowest BCUT2D eigenvalue weighted by molar-refractivity contribution is -0.139. The highest BCUT2D eigenvalue weighted by Crippen LogP contribution is 1.94. The summed E-state index contributed by atoms with van der Waals surface area (Å²) in [7, 11) is 3.05. The van der Waals surface area contributed by atoms with Gasteiger partial charge in [0.05, 0.1) is 6.61 Å². The van der Waals surface area contributed by atoms with Crippen LogP contribution in [0.5, 0.6) is 0 Å². The van der Waals surface area contributed by atoms with E-state index >= 15 is 0 Å². The number of rotatable bonds is 7. The first-order valence-corrected chi connectivity index (χ1v) is 6.85. The van der Waals surface area contributed by atoms with Crippen LogP contribution in [-0.4, -0.2) is 43.4 Å². The maximum absolute atomic E-state index is 10.7. The number of carbonyl (C=O) groups excluding carboxylic acids is 1. The molecule has 17 heavy (non-hydrogen) atoms. The van der Waals surface area contributed by atoms with Crippen molar-refractivity contribution in [2.45, 2.75) is 26.7 Å². The molecule has 0 fully saturated rings. The molecule has 0 atom stereocenters. The topological polar surface area (TPSA) is 54.0 Å². The van der Waals surface area contributed by atoms with E-state index in [0.717, 1.165) is 12.8 Å². The summed E-state index contributed by atoms with van der Waals surface area (Å²) in [5.41, 5.74) is 0.469. The molecule has 0 saturated carbocycles. The Labute approximate surface area is 106 Å². The number of hydrogen-bond acceptors (Lipinski definition) is 5. The van der Waals surface area contributed by atoms with Gasteiger partial charge in [-0.05, 0) is 13.3 Å². The third-order valence-corrected chi connectivity index (χ3v) is 2.81. The van der Waals surface area contributed by atoms with Crippen LogP contribution in [0.15, 0.2) is 12.2 Å². The molecule has 0 aliphatic heterocycles. The molecule has 0 bridgehead atoms. The number of unbranched alkanes of at least 4 members (excludes halogenated alkanes) is 1. The largest absolute Gasteiger partial charge is 0.483 e. The van der Waals surface area contributed by atoms with Gasteiger partial charge < -0.3 is 18.0 Å². The Balaban J connectivity index is 0. The highest BCUT2D eigenvalue weighted by atomic mass is 28.3. The first kappa shape index (κ1) is 18.7. The van der Waals surface area contributed by atoms with Crippen molar-refractivity contribution in [2.24, 2.45) is 0 Å². The van der Waals surface area contributed by atoms with E-state index in [2.05, 4.69) is 13.5 Å². The monoisotopic (exact) mass is 264 g/mol. The zero-order valence-electron chi connectivity index (χ0n) is 11.4. The maximum atomic E-state index is 10.7. The van der Waals surface area contributed by atoms with Crippen molar-refractivity contribution in [3.63, 3.8) is 0 Å². The van der Waals surface area contributed by atoms with Crippen molar-refractivity contribution in [2.75, 3.05) is 27.9 Å². The first-order chi connectivity index (χ1) is 8.03. The van der Waals surface area contributed by atoms with Gasteiger partial charge in [0.25, 0.3) is 0 Å². The van der Waals surface area contributed by atoms with Crippen LogP contribution >= 0.6 is 0 Å². The van der Waals surface area contributed by atoms with Crippen molar-refractivity contribution in [1.29, 1.82) is 0 Å². The standard InChI is InChI=1S/C8H14O2.C3H10O3Si/c1-4-5-6-10-8(9)7(2)3;1-4-7(5-2)6-3/h2,4-6H2,1,3H3;7H,1-3H3. The number of esters is 1. The van der Waals surface area contributed by atoms with Gasteiger partial charge in [-0.2, -0.15) is 0 Å². The van der Waals surface area contributed by atoms with Gasteiger partial charge in [-0.3, -0.25) is 0 Å². The molecule has 6 heteroatoms. The molecule has 0 N–H and O–H groups in total. The summed E-state index contributed by atoms with van der Waals surface area (Å²) < 4.78 is 19.0. The molecule has 0 rings (SSSR count). The summed E-state index contributed by atoms with van der Waals surface area (Å²) in [5.74, 6) is -0.284. The Kier molecular flexibility index (Phi) is 14.7. The molecule has 5 nitrogen and oxygen atoms in total. The second kappa shape index (κ2) is 13.4. The second-order valence-corrected chi connectivity index (χ2v) is 5.26. The normalized spacial score (nSPS) is 9.53. The average molecular weight is 264 g/mol. The first-order valence-electron chi connectivity index (χ1n) is 5.44. The molecular weight excluding hydrogens is 240 g/mol. The molecule has 0 unspecified atom stereocenters. The summed E-state index contributed by atoms with van der Waals surface area (Å²) in [6.45, 7) is 7.67. The van der Waals surface area contributed by atoms with Crippen molar-refractivity contribution in [3.8, 4) is 0 Å². The minimum atomic E-state index is -1.67. The smallest absolute Gasteiger partial charge is 0.462 e. The van der Waals surface area contributed by atoms with Gasteiger partial charge in [-0.1, -0.05) is 19.9 Å². The Morgan fingerprint density at radius 3 is 1.88 bits per heavy atom. The number of carbonyl (C=O) groups is 1. The van der Waals surface area contributed by atoms with Crippen LogP contribution in [0.2, 0.25) is 0 Å². The fraction of sp³-hybridized carbons (Fsp3) is 0.727. The molecule has 0 amide bonds. The Hall–Kier alpha value is -0.693. The predicted molar refractivity (Wildman–Crippen MR) is 68.9 cm³/mol. The van der Waals surface area contributed by atoms with Gasteiger partial charge in [0.1, 0.15) is 0 Å². The lowest BCUT2D eigenvalue weighted by Gasteiger charge is -2.05. The average Bonchev–Trinajstić information content (AvgIpc) is 2.32. The van der Waals surface area contributed by atoms with E-state index in [1.165, 1.54) is 0 Å². The summed E-state index contributed by atoms with van der Waals surface area (Å²) in [6.07, 6.45) is 1.97. The molecule has 0 spiro atoms. The van der Waals surface area contributed by atoms with Crippen LogP contribution in [0.3, 0.4) is 0 Å². The van der Waals surface area contributed by atoms with Crippen LogP contribution in [0, 0.1) is 0 Å². The highest BCUT2D eigenvalue weighted by molar-refractivity contribution is 6.36. The molecule has 0 aliphatic rings. The molecule has 102 valence electrons. The third kappa shape index (κ3) is 13.2. The second-order valence-electron chi connectivity index (χ2n) is 3.27. The quantitative estimate of drug-likeness (QED) is 0.302. The predicted octanol–water partition coefficient (Wildman–Crippen LogP) is 1.55. The van der Waals surface area contributed by atoms with Gasteiger partial charge in [0, 0.05) is 26.9 Å². The van der Waals surface area contributed by atoms with E-state index in [1.54, 1.807) is 28.3 Å². The molecule has 0 saturated heterocycles. The van der Waals surface area contributed by atoms with Crippen LogP contribution < -0.4 is 0 Å². The van der Waals surface area contributed by atoms with Gasteiger partial charge in [-0.25, -0.2) is 4.79 Å². The van der Waals surface area contributed by atoms with Gasteiger partial charge >= 0.3 is 15.5 Å². The van der Waals surface area contributed by atoms with E-state index < -0.39 is 9.53 Å². The molecule has 0 aliphatic carbocycles. The highest BCUT2D eigenvalue weighted by Gasteiger charge is 2.05. The van der Waals surface area contributed by atoms with E-state index in [1.807, 2.05) is 0 Å². The lowest BCUT2D eigenvalue weighted by atomic mass is 10.3.